The van der Waals surface area contributed by atoms with Crippen LogP contribution in [0.3, 0.4) is 0 Å². The third kappa shape index (κ3) is 3.93. The van der Waals surface area contributed by atoms with Crippen LogP contribution in [0.1, 0.15) is 5.56 Å². The molecule has 0 bridgehead atoms. The van der Waals surface area contributed by atoms with E-state index in [0.29, 0.717) is 17.9 Å². The number of hydrogen-bond donors (Lipinski definition) is 2. The number of sulfonamides is 1. The van der Waals surface area contributed by atoms with Crippen molar-refractivity contribution in [1.29, 1.82) is 0 Å². The highest BCUT2D eigenvalue weighted by Gasteiger charge is 2.17. The molecule has 0 aliphatic heterocycles. The van der Waals surface area contributed by atoms with E-state index in [9.17, 15) is 8.42 Å². The molecule has 21 heavy (non-hydrogen) atoms. The van der Waals surface area contributed by atoms with Gasteiger partial charge in [0.2, 0.25) is 10.0 Å². The summed E-state index contributed by atoms with van der Waals surface area (Å²) < 4.78 is 23.3. The Bertz CT molecular complexity index is 717. The van der Waals surface area contributed by atoms with Gasteiger partial charge in [-0.25, -0.2) is 13.6 Å². The predicted molar refractivity (Wildman–Crippen MR) is 83.4 cm³/mol. The average Bonchev–Trinajstić information content (AvgIpc) is 2.45. The summed E-state index contributed by atoms with van der Waals surface area (Å²) in [5.74, 6) is 0. The largest absolute Gasteiger partial charge is 0.399 e. The normalized spacial score (nSPS) is 11.3. The van der Waals surface area contributed by atoms with Gasteiger partial charge in [-0.15, -0.1) is 0 Å². The summed E-state index contributed by atoms with van der Waals surface area (Å²) in [6.45, 7) is 0.649. The molecule has 0 saturated heterocycles. The first-order valence-corrected chi connectivity index (χ1v) is 7.95. The summed E-state index contributed by atoms with van der Waals surface area (Å²) in [7, 11) is -1.99. The maximum Gasteiger partial charge on any atom is 0.240 e. The second kappa shape index (κ2) is 6.11. The number of nitrogens with two attached hydrogens (primary N) is 2. The molecule has 4 N–H and O–H groups in total. The van der Waals surface area contributed by atoms with E-state index in [4.69, 9.17) is 10.9 Å². The molecule has 0 unspecified atom stereocenters. The molecule has 0 aliphatic carbocycles. The quantitative estimate of drug-likeness (QED) is 0.802. The Morgan fingerprint density at radius 3 is 2.48 bits per heavy atom. The van der Waals surface area contributed by atoms with Crippen molar-refractivity contribution < 1.29 is 8.42 Å². The zero-order chi connectivity index (χ0) is 15.5. The Balaban J connectivity index is 2.21. The van der Waals surface area contributed by atoms with E-state index in [2.05, 4.69) is 4.98 Å². The lowest BCUT2D eigenvalue weighted by atomic mass is 10.2. The van der Waals surface area contributed by atoms with Crippen LogP contribution < -0.4 is 15.8 Å². The second-order valence-electron chi connectivity index (χ2n) is 4.80. The van der Waals surface area contributed by atoms with Crippen molar-refractivity contribution >= 4 is 21.4 Å². The highest BCUT2D eigenvalue weighted by Crippen LogP contribution is 2.25. The number of anilines is 2. The van der Waals surface area contributed by atoms with Crippen molar-refractivity contribution in [2.75, 3.05) is 24.2 Å². The number of primary sulfonamides is 1. The van der Waals surface area contributed by atoms with Crippen LogP contribution in [0, 0.1) is 0 Å². The van der Waals surface area contributed by atoms with E-state index in [1.807, 2.05) is 24.1 Å². The molecule has 0 aliphatic rings. The molecule has 0 amide bonds. The predicted octanol–water partition coefficient (Wildman–Crippen LogP) is 0.990. The van der Waals surface area contributed by atoms with Crippen LogP contribution in [0.5, 0.6) is 0 Å². The van der Waals surface area contributed by atoms with Gasteiger partial charge in [0.25, 0.3) is 0 Å². The van der Waals surface area contributed by atoms with Crippen LogP contribution in [0.15, 0.2) is 47.6 Å². The third-order valence-electron chi connectivity index (χ3n) is 3.19. The van der Waals surface area contributed by atoms with Crippen LogP contribution in [-0.2, 0) is 16.4 Å². The first kappa shape index (κ1) is 15.3. The summed E-state index contributed by atoms with van der Waals surface area (Å²) >= 11 is 0. The molecule has 2 rings (SSSR count). The highest BCUT2D eigenvalue weighted by molar-refractivity contribution is 7.89. The monoisotopic (exact) mass is 306 g/mol. The number of rotatable bonds is 5. The Hall–Kier alpha value is -2.12. The van der Waals surface area contributed by atoms with Gasteiger partial charge in [-0.2, -0.15) is 0 Å². The van der Waals surface area contributed by atoms with Gasteiger partial charge >= 0.3 is 0 Å². The number of benzene rings is 1. The van der Waals surface area contributed by atoms with Crippen molar-refractivity contribution in [3.8, 4) is 0 Å². The van der Waals surface area contributed by atoms with Gasteiger partial charge in [-0.3, -0.25) is 4.98 Å². The summed E-state index contributed by atoms with van der Waals surface area (Å²) in [5, 5.41) is 5.25. The molecule has 1 aromatic heterocycles. The Morgan fingerprint density at radius 2 is 1.86 bits per heavy atom. The minimum absolute atomic E-state index is 0.0414. The molecule has 0 radical (unpaired) electrons. The summed E-state index contributed by atoms with van der Waals surface area (Å²) in [6.07, 6.45) is 4.23. The van der Waals surface area contributed by atoms with E-state index >= 15 is 0 Å². The van der Waals surface area contributed by atoms with Crippen molar-refractivity contribution in [1.82, 2.24) is 4.98 Å². The number of hydrogen-bond acceptors (Lipinski definition) is 5. The summed E-state index contributed by atoms with van der Waals surface area (Å²) in [5.41, 5.74) is 7.68. The first-order chi connectivity index (χ1) is 9.88. The molecule has 1 aromatic carbocycles. The van der Waals surface area contributed by atoms with Crippen molar-refractivity contribution in [2.24, 2.45) is 5.14 Å². The van der Waals surface area contributed by atoms with Crippen LogP contribution in [0.2, 0.25) is 0 Å². The van der Waals surface area contributed by atoms with Gasteiger partial charge < -0.3 is 10.6 Å². The minimum Gasteiger partial charge on any atom is -0.399 e. The molecule has 6 nitrogen and oxygen atoms in total. The fraction of sp³-hybridized carbons (Fsp3) is 0.214. The fourth-order valence-corrected chi connectivity index (χ4v) is 2.86. The zero-order valence-electron chi connectivity index (χ0n) is 11.7. The fourth-order valence-electron chi connectivity index (χ4n) is 2.04. The molecule has 0 spiro atoms. The average molecular weight is 306 g/mol. The van der Waals surface area contributed by atoms with Gasteiger partial charge in [-0.05, 0) is 42.3 Å². The molecule has 7 heteroatoms. The van der Waals surface area contributed by atoms with E-state index in [-0.39, 0.29) is 4.90 Å². The molecule has 1 heterocycles. The maximum atomic E-state index is 11.7. The maximum absolute atomic E-state index is 11.7. The topological polar surface area (TPSA) is 102 Å². The third-order valence-corrected chi connectivity index (χ3v) is 4.13. The highest BCUT2D eigenvalue weighted by atomic mass is 32.2. The standard InChI is InChI=1S/C14H18N4O2S/c1-18(9-6-11-4-7-17-8-5-11)13-3-2-12(15)10-14(13)21(16,19)20/h2-5,7-8,10H,6,9,15H2,1H3,(H2,16,19,20). The van der Waals surface area contributed by atoms with Crippen LogP contribution in [0.25, 0.3) is 0 Å². The zero-order valence-corrected chi connectivity index (χ0v) is 12.5. The van der Waals surface area contributed by atoms with Crippen molar-refractivity contribution in [2.45, 2.75) is 11.3 Å². The number of aromatic nitrogens is 1. The van der Waals surface area contributed by atoms with Gasteiger partial charge in [0, 0.05) is 31.7 Å². The van der Waals surface area contributed by atoms with E-state index < -0.39 is 10.0 Å². The number of likely N-dealkylation sites (N-methyl/N-ethyl adjacent to an activating group) is 1. The van der Waals surface area contributed by atoms with Crippen LogP contribution >= 0.6 is 0 Å². The molecular weight excluding hydrogens is 288 g/mol. The van der Waals surface area contributed by atoms with E-state index in [1.165, 1.54) is 6.07 Å². The number of nitrogen functional groups attached to an aromatic ring is 1. The Morgan fingerprint density at radius 1 is 1.19 bits per heavy atom. The lowest BCUT2D eigenvalue weighted by Gasteiger charge is -2.22. The molecule has 2 aromatic rings. The SMILES string of the molecule is CN(CCc1ccncc1)c1ccc(N)cc1S(N)(=O)=O. The Labute approximate surface area is 124 Å². The van der Waals surface area contributed by atoms with Gasteiger partial charge in [0.1, 0.15) is 4.90 Å². The van der Waals surface area contributed by atoms with Crippen LogP contribution in [0.4, 0.5) is 11.4 Å². The van der Waals surface area contributed by atoms with Gasteiger partial charge in [0.05, 0.1) is 5.69 Å². The molecule has 0 atom stereocenters. The summed E-state index contributed by atoms with van der Waals surface area (Å²) in [6, 6.07) is 8.57. The van der Waals surface area contributed by atoms with Crippen molar-refractivity contribution in [3.05, 3.63) is 48.3 Å². The van der Waals surface area contributed by atoms with Gasteiger partial charge in [0.15, 0.2) is 0 Å². The second-order valence-corrected chi connectivity index (χ2v) is 6.33. The molecular formula is C14H18N4O2S. The molecule has 112 valence electrons. The lowest BCUT2D eigenvalue weighted by molar-refractivity contribution is 0.597. The minimum atomic E-state index is -3.82. The molecule has 0 fully saturated rings. The number of nitrogens with zero attached hydrogens (tertiary/aromatic N) is 2. The first-order valence-electron chi connectivity index (χ1n) is 6.40. The summed E-state index contributed by atoms with van der Waals surface area (Å²) in [4.78, 5) is 5.85. The lowest BCUT2D eigenvalue weighted by Crippen LogP contribution is -2.24. The molecule has 0 saturated carbocycles. The van der Waals surface area contributed by atoms with E-state index in [1.54, 1.807) is 24.5 Å². The van der Waals surface area contributed by atoms with Crippen molar-refractivity contribution in [3.63, 3.8) is 0 Å². The number of pyridine rings is 1. The Kier molecular flexibility index (Phi) is 4.44. The smallest absolute Gasteiger partial charge is 0.240 e. The van der Waals surface area contributed by atoms with Gasteiger partial charge in [-0.1, -0.05) is 0 Å². The van der Waals surface area contributed by atoms with E-state index in [0.717, 1.165) is 12.0 Å². The van der Waals surface area contributed by atoms with Crippen LogP contribution in [-0.4, -0.2) is 27.0 Å².